The van der Waals surface area contributed by atoms with Crippen LogP contribution in [0.4, 0.5) is 0 Å². The summed E-state index contributed by atoms with van der Waals surface area (Å²) in [7, 11) is 2.73. The number of thiophene rings is 1. The molecule has 0 saturated heterocycles. The van der Waals surface area contributed by atoms with E-state index in [4.69, 9.17) is 19.9 Å². The Morgan fingerprint density at radius 3 is 2.77 bits per heavy atom. The summed E-state index contributed by atoms with van der Waals surface area (Å²) in [5.74, 6) is -0.590. The van der Waals surface area contributed by atoms with Gasteiger partial charge in [0.05, 0.1) is 25.0 Å². The minimum atomic E-state index is -0.541. The molecule has 26 heavy (non-hydrogen) atoms. The molecule has 1 unspecified atom stereocenters. The molecule has 1 aliphatic heterocycles. The number of hydrogen-bond acceptors (Lipinski definition) is 8. The molecule has 0 saturated carbocycles. The van der Waals surface area contributed by atoms with E-state index < -0.39 is 11.9 Å². The lowest BCUT2D eigenvalue weighted by molar-refractivity contribution is 0.0597. The van der Waals surface area contributed by atoms with Crippen molar-refractivity contribution in [3.05, 3.63) is 50.5 Å². The Hall–Kier alpha value is -3.18. The summed E-state index contributed by atoms with van der Waals surface area (Å²) in [5.41, 5.74) is 7.16. The van der Waals surface area contributed by atoms with Crippen molar-refractivity contribution >= 4 is 17.3 Å². The molecule has 134 valence electrons. The van der Waals surface area contributed by atoms with E-state index in [0.717, 1.165) is 0 Å². The van der Waals surface area contributed by atoms with E-state index >= 15 is 0 Å². The lowest BCUT2D eigenvalue weighted by Gasteiger charge is -2.24. The van der Waals surface area contributed by atoms with Gasteiger partial charge in [-0.25, -0.2) is 4.79 Å². The number of nitriles is 1. The van der Waals surface area contributed by atoms with Crippen molar-refractivity contribution < 1.29 is 24.1 Å². The number of carbonyl (C=O) groups is 1. The lowest BCUT2D eigenvalue weighted by Crippen LogP contribution is -2.21. The van der Waals surface area contributed by atoms with Gasteiger partial charge in [-0.2, -0.15) is 5.26 Å². The molecule has 0 bridgehead atoms. The number of esters is 1. The van der Waals surface area contributed by atoms with E-state index in [1.165, 1.54) is 31.6 Å². The molecule has 0 amide bonds. The van der Waals surface area contributed by atoms with Crippen LogP contribution in [0.3, 0.4) is 0 Å². The van der Waals surface area contributed by atoms with Crippen molar-refractivity contribution in [1.29, 1.82) is 5.26 Å². The third-order valence-corrected chi connectivity index (χ3v) is 5.29. The van der Waals surface area contributed by atoms with Crippen molar-refractivity contribution in [3.8, 4) is 23.3 Å². The van der Waals surface area contributed by atoms with Gasteiger partial charge in [-0.15, -0.1) is 11.3 Å². The van der Waals surface area contributed by atoms with E-state index in [2.05, 4.69) is 6.07 Å². The number of aromatic hydroxyl groups is 1. The summed E-state index contributed by atoms with van der Waals surface area (Å²) in [5, 5.41) is 19.4. The third-order valence-electron chi connectivity index (χ3n) is 4.14. The van der Waals surface area contributed by atoms with Crippen LogP contribution in [0.2, 0.25) is 0 Å². The van der Waals surface area contributed by atoms with Crippen molar-refractivity contribution in [2.45, 2.75) is 12.8 Å². The SMILES string of the molecule is COC(=O)c1c(C)sc2c1OC(N)=C(C#N)C2c1ccc(O)c(OC)c1. The summed E-state index contributed by atoms with van der Waals surface area (Å²) in [6, 6.07) is 6.87. The van der Waals surface area contributed by atoms with Gasteiger partial charge < -0.3 is 25.1 Å². The number of nitrogens with two attached hydrogens (primary N) is 1. The molecule has 1 aromatic carbocycles. The third kappa shape index (κ3) is 2.62. The van der Waals surface area contributed by atoms with Gasteiger partial charge >= 0.3 is 5.97 Å². The number of phenols is 1. The van der Waals surface area contributed by atoms with E-state index in [1.807, 2.05) is 0 Å². The first kappa shape index (κ1) is 17.6. The van der Waals surface area contributed by atoms with Gasteiger partial charge in [-0.3, -0.25) is 0 Å². The van der Waals surface area contributed by atoms with Gasteiger partial charge in [0.15, 0.2) is 17.2 Å². The number of phenolic OH excluding ortho intramolecular Hbond substituents is 1. The summed E-state index contributed by atoms with van der Waals surface area (Å²) in [6.07, 6.45) is 0. The molecule has 1 aliphatic rings. The standard InChI is InChI=1S/C18H16N2O5S/c1-8-13(18(22)24-3)15-16(26-8)14(10(7-19)17(20)25-15)9-4-5-11(21)12(6-9)23-2/h4-6,14,21H,20H2,1-3H3. The number of benzene rings is 1. The Balaban J connectivity index is 2.25. The Kier molecular flexibility index (Phi) is 4.49. The average molecular weight is 372 g/mol. The maximum absolute atomic E-state index is 12.1. The topological polar surface area (TPSA) is 115 Å². The molecule has 3 rings (SSSR count). The van der Waals surface area contributed by atoms with Gasteiger partial charge in [-0.05, 0) is 24.6 Å². The van der Waals surface area contributed by atoms with E-state index in [1.54, 1.807) is 19.1 Å². The first-order chi connectivity index (χ1) is 12.4. The number of carbonyl (C=O) groups excluding carboxylic acids is 1. The zero-order chi connectivity index (χ0) is 19.0. The van der Waals surface area contributed by atoms with Crippen LogP contribution in [0, 0.1) is 18.3 Å². The fourth-order valence-corrected chi connectivity index (χ4v) is 4.14. The van der Waals surface area contributed by atoms with E-state index in [0.29, 0.717) is 26.6 Å². The molecule has 1 atom stereocenters. The minimum Gasteiger partial charge on any atom is -0.504 e. The first-order valence-corrected chi connectivity index (χ1v) is 8.40. The molecule has 1 aromatic heterocycles. The normalized spacial score (nSPS) is 15.7. The second kappa shape index (κ2) is 6.61. The second-order valence-electron chi connectivity index (χ2n) is 5.57. The second-order valence-corrected chi connectivity index (χ2v) is 6.83. The van der Waals surface area contributed by atoms with Crippen molar-refractivity contribution in [3.63, 3.8) is 0 Å². The highest BCUT2D eigenvalue weighted by atomic mass is 32.1. The average Bonchev–Trinajstić information content (AvgIpc) is 2.95. The molecule has 8 heteroatoms. The van der Waals surface area contributed by atoms with E-state index in [-0.39, 0.29) is 23.0 Å². The number of rotatable bonds is 3. The highest BCUT2D eigenvalue weighted by Gasteiger charge is 2.37. The number of aryl methyl sites for hydroxylation is 1. The first-order valence-electron chi connectivity index (χ1n) is 7.59. The van der Waals surface area contributed by atoms with E-state index in [9.17, 15) is 15.2 Å². The van der Waals surface area contributed by atoms with Crippen LogP contribution < -0.4 is 15.2 Å². The largest absolute Gasteiger partial charge is 0.504 e. The number of nitrogens with zero attached hydrogens (tertiary/aromatic N) is 1. The Labute approximate surface area is 153 Å². The highest BCUT2D eigenvalue weighted by Crippen LogP contribution is 2.50. The van der Waals surface area contributed by atoms with Crippen molar-refractivity contribution in [1.82, 2.24) is 0 Å². The molecular formula is C18H16N2O5S. The molecule has 2 heterocycles. The lowest BCUT2D eigenvalue weighted by atomic mass is 9.88. The van der Waals surface area contributed by atoms with Gasteiger partial charge in [0, 0.05) is 4.88 Å². The fourth-order valence-electron chi connectivity index (χ4n) is 2.92. The molecule has 0 radical (unpaired) electrons. The van der Waals surface area contributed by atoms with Gasteiger partial charge in [-0.1, -0.05) is 6.07 Å². The van der Waals surface area contributed by atoms with Crippen LogP contribution in [0.15, 0.2) is 29.7 Å². The molecule has 7 nitrogen and oxygen atoms in total. The van der Waals surface area contributed by atoms with Crippen molar-refractivity contribution in [2.75, 3.05) is 14.2 Å². The number of hydrogen-bond donors (Lipinski definition) is 2. The highest BCUT2D eigenvalue weighted by molar-refractivity contribution is 7.12. The molecule has 0 spiro atoms. The van der Waals surface area contributed by atoms with Gasteiger partial charge in [0.2, 0.25) is 5.88 Å². The Morgan fingerprint density at radius 1 is 1.42 bits per heavy atom. The number of fused-ring (bicyclic) bond motifs is 1. The zero-order valence-electron chi connectivity index (χ0n) is 14.3. The minimum absolute atomic E-state index is 0.0170. The van der Waals surface area contributed by atoms with Crippen LogP contribution in [-0.4, -0.2) is 25.3 Å². The molecule has 3 N–H and O–H groups in total. The maximum atomic E-state index is 12.1. The van der Waals surface area contributed by atoms with Gasteiger partial charge in [0.25, 0.3) is 0 Å². The summed E-state index contributed by atoms with van der Waals surface area (Å²) < 4.78 is 15.6. The van der Waals surface area contributed by atoms with Crippen LogP contribution in [0.1, 0.15) is 31.6 Å². The van der Waals surface area contributed by atoms with Crippen molar-refractivity contribution in [2.24, 2.45) is 5.73 Å². The summed E-state index contributed by atoms with van der Waals surface area (Å²) in [4.78, 5) is 13.5. The zero-order valence-corrected chi connectivity index (χ0v) is 15.1. The van der Waals surface area contributed by atoms with Crippen LogP contribution >= 0.6 is 11.3 Å². The predicted octanol–water partition coefficient (Wildman–Crippen LogP) is 2.78. The number of allylic oxidation sites excluding steroid dienone is 1. The Bertz CT molecular complexity index is 971. The quantitative estimate of drug-likeness (QED) is 0.796. The number of ether oxygens (including phenoxy) is 3. The fraction of sp³-hybridized carbons (Fsp3) is 0.222. The molecule has 0 fully saturated rings. The van der Waals surface area contributed by atoms with Crippen LogP contribution in [0.5, 0.6) is 17.2 Å². The molecule has 0 aliphatic carbocycles. The summed E-state index contributed by atoms with van der Waals surface area (Å²) >= 11 is 1.33. The Morgan fingerprint density at radius 2 is 2.15 bits per heavy atom. The van der Waals surface area contributed by atoms with Gasteiger partial charge in [0.1, 0.15) is 17.2 Å². The number of methoxy groups -OCH3 is 2. The molecule has 2 aromatic rings. The maximum Gasteiger partial charge on any atom is 0.342 e. The predicted molar refractivity (Wildman–Crippen MR) is 94.4 cm³/mol. The summed E-state index contributed by atoms with van der Waals surface area (Å²) in [6.45, 7) is 1.77. The van der Waals surface area contributed by atoms with Crippen LogP contribution in [0.25, 0.3) is 0 Å². The van der Waals surface area contributed by atoms with Crippen LogP contribution in [-0.2, 0) is 4.74 Å². The monoisotopic (exact) mass is 372 g/mol. The molecular weight excluding hydrogens is 356 g/mol. The smallest absolute Gasteiger partial charge is 0.342 e.